The highest BCUT2D eigenvalue weighted by Gasteiger charge is 2.14. The van der Waals surface area contributed by atoms with Crippen LogP contribution in [0.3, 0.4) is 0 Å². The molecule has 0 aliphatic heterocycles. The van der Waals surface area contributed by atoms with Crippen LogP contribution in [0.15, 0.2) is 54.7 Å². The SMILES string of the molecule is COc1cc(Nc2ccc(NC(=O)c3ccccc3C)cn2)cc(OC)c1OC. The van der Waals surface area contributed by atoms with Gasteiger partial charge in [0.25, 0.3) is 5.91 Å². The highest BCUT2D eigenvalue weighted by atomic mass is 16.5. The number of nitrogens with zero attached hydrogens (tertiary/aromatic N) is 1. The molecule has 0 aliphatic rings. The van der Waals surface area contributed by atoms with Crippen LogP contribution in [0.4, 0.5) is 17.2 Å². The average Bonchev–Trinajstić information content (AvgIpc) is 2.74. The number of aryl methyl sites for hydroxylation is 1. The highest BCUT2D eigenvalue weighted by Crippen LogP contribution is 2.40. The Bertz CT molecular complexity index is 978. The van der Waals surface area contributed by atoms with Crippen molar-refractivity contribution >= 4 is 23.1 Å². The number of carbonyl (C=O) groups is 1. The fourth-order valence-electron chi connectivity index (χ4n) is 2.87. The van der Waals surface area contributed by atoms with Crippen LogP contribution in [0, 0.1) is 6.92 Å². The van der Waals surface area contributed by atoms with Crippen molar-refractivity contribution in [3.8, 4) is 17.2 Å². The van der Waals surface area contributed by atoms with E-state index in [4.69, 9.17) is 14.2 Å². The number of benzene rings is 2. The van der Waals surface area contributed by atoms with Gasteiger partial charge >= 0.3 is 0 Å². The van der Waals surface area contributed by atoms with Gasteiger partial charge in [0, 0.05) is 23.4 Å². The van der Waals surface area contributed by atoms with E-state index < -0.39 is 0 Å². The summed E-state index contributed by atoms with van der Waals surface area (Å²) in [5.41, 5.74) is 2.88. The summed E-state index contributed by atoms with van der Waals surface area (Å²) in [7, 11) is 4.68. The molecule has 0 atom stereocenters. The Hall–Kier alpha value is -3.74. The summed E-state index contributed by atoms with van der Waals surface area (Å²) in [4.78, 5) is 16.8. The minimum absolute atomic E-state index is 0.171. The summed E-state index contributed by atoms with van der Waals surface area (Å²) in [6, 6.07) is 14.6. The van der Waals surface area contributed by atoms with E-state index in [0.717, 1.165) is 11.3 Å². The van der Waals surface area contributed by atoms with Crippen LogP contribution in [0.1, 0.15) is 15.9 Å². The summed E-state index contributed by atoms with van der Waals surface area (Å²) in [6.07, 6.45) is 1.59. The van der Waals surface area contributed by atoms with Gasteiger partial charge in [-0.3, -0.25) is 4.79 Å². The van der Waals surface area contributed by atoms with Gasteiger partial charge in [-0.2, -0.15) is 0 Å². The number of pyridine rings is 1. The molecule has 2 N–H and O–H groups in total. The van der Waals surface area contributed by atoms with Gasteiger partial charge in [-0.05, 0) is 30.7 Å². The van der Waals surface area contributed by atoms with Crippen molar-refractivity contribution in [2.75, 3.05) is 32.0 Å². The van der Waals surface area contributed by atoms with Crippen molar-refractivity contribution in [1.82, 2.24) is 4.98 Å². The van der Waals surface area contributed by atoms with E-state index in [9.17, 15) is 4.79 Å². The van der Waals surface area contributed by atoms with Crippen LogP contribution in [-0.2, 0) is 0 Å². The van der Waals surface area contributed by atoms with Gasteiger partial charge < -0.3 is 24.8 Å². The Morgan fingerprint density at radius 1 is 0.897 bits per heavy atom. The minimum atomic E-state index is -0.171. The summed E-state index contributed by atoms with van der Waals surface area (Å²) in [5, 5.41) is 6.04. The van der Waals surface area contributed by atoms with E-state index in [1.807, 2.05) is 25.1 Å². The van der Waals surface area contributed by atoms with Crippen LogP contribution >= 0.6 is 0 Å². The van der Waals surface area contributed by atoms with Crippen LogP contribution in [-0.4, -0.2) is 32.2 Å². The third-order valence-corrected chi connectivity index (χ3v) is 4.35. The first-order valence-electron chi connectivity index (χ1n) is 8.95. The second kappa shape index (κ2) is 8.97. The number of hydrogen-bond donors (Lipinski definition) is 2. The number of rotatable bonds is 7. The van der Waals surface area contributed by atoms with Gasteiger partial charge in [0.15, 0.2) is 11.5 Å². The first-order chi connectivity index (χ1) is 14.0. The number of amides is 1. The number of methoxy groups -OCH3 is 3. The third-order valence-electron chi connectivity index (χ3n) is 4.35. The molecule has 29 heavy (non-hydrogen) atoms. The predicted octanol–water partition coefficient (Wildman–Crippen LogP) is 4.41. The molecule has 0 fully saturated rings. The molecule has 3 aromatic rings. The van der Waals surface area contributed by atoms with E-state index in [0.29, 0.717) is 34.3 Å². The number of hydrogen-bond acceptors (Lipinski definition) is 6. The molecular formula is C22H23N3O4. The van der Waals surface area contributed by atoms with Gasteiger partial charge in [0.2, 0.25) is 5.75 Å². The lowest BCUT2D eigenvalue weighted by Crippen LogP contribution is -2.13. The Kier molecular flexibility index (Phi) is 6.19. The monoisotopic (exact) mass is 393 g/mol. The molecule has 7 nitrogen and oxygen atoms in total. The van der Waals surface area contributed by atoms with Gasteiger partial charge in [0.1, 0.15) is 5.82 Å². The van der Waals surface area contributed by atoms with Crippen molar-refractivity contribution in [3.05, 3.63) is 65.9 Å². The lowest BCUT2D eigenvalue weighted by molar-refractivity contribution is 0.102. The molecule has 0 bridgehead atoms. The Labute approximate surface area is 169 Å². The summed E-state index contributed by atoms with van der Waals surface area (Å²) < 4.78 is 16.0. The van der Waals surface area contributed by atoms with Gasteiger partial charge in [-0.25, -0.2) is 4.98 Å². The number of ether oxygens (including phenoxy) is 3. The Morgan fingerprint density at radius 3 is 2.14 bits per heavy atom. The number of anilines is 3. The fraction of sp³-hybridized carbons (Fsp3) is 0.182. The van der Waals surface area contributed by atoms with Crippen LogP contribution < -0.4 is 24.8 Å². The topological polar surface area (TPSA) is 81.7 Å². The molecular weight excluding hydrogens is 370 g/mol. The quantitative estimate of drug-likeness (QED) is 0.619. The lowest BCUT2D eigenvalue weighted by atomic mass is 10.1. The molecule has 7 heteroatoms. The molecule has 0 saturated heterocycles. The lowest BCUT2D eigenvalue weighted by Gasteiger charge is -2.15. The predicted molar refractivity (Wildman–Crippen MR) is 113 cm³/mol. The molecule has 0 saturated carbocycles. The highest BCUT2D eigenvalue weighted by molar-refractivity contribution is 6.05. The molecule has 150 valence electrons. The molecule has 3 rings (SSSR count). The van der Waals surface area contributed by atoms with Crippen molar-refractivity contribution in [2.24, 2.45) is 0 Å². The zero-order chi connectivity index (χ0) is 20.8. The number of nitrogens with one attached hydrogen (secondary N) is 2. The molecule has 0 aliphatic carbocycles. The minimum Gasteiger partial charge on any atom is -0.493 e. The number of aromatic nitrogens is 1. The van der Waals surface area contributed by atoms with Crippen molar-refractivity contribution in [2.45, 2.75) is 6.92 Å². The second-order valence-corrected chi connectivity index (χ2v) is 6.24. The maximum absolute atomic E-state index is 12.4. The zero-order valence-corrected chi connectivity index (χ0v) is 16.8. The first-order valence-corrected chi connectivity index (χ1v) is 8.95. The second-order valence-electron chi connectivity index (χ2n) is 6.24. The molecule has 0 unspecified atom stereocenters. The maximum Gasteiger partial charge on any atom is 0.255 e. The summed E-state index contributed by atoms with van der Waals surface area (Å²) in [5.74, 6) is 2.03. The smallest absolute Gasteiger partial charge is 0.255 e. The van der Waals surface area contributed by atoms with Crippen LogP contribution in [0.25, 0.3) is 0 Å². The number of carbonyl (C=O) groups excluding carboxylic acids is 1. The molecule has 0 radical (unpaired) electrons. The summed E-state index contributed by atoms with van der Waals surface area (Å²) in [6.45, 7) is 1.90. The van der Waals surface area contributed by atoms with Gasteiger partial charge in [-0.15, -0.1) is 0 Å². The van der Waals surface area contributed by atoms with E-state index in [2.05, 4.69) is 15.6 Å². The molecule has 2 aromatic carbocycles. The molecule has 1 aromatic heterocycles. The van der Waals surface area contributed by atoms with E-state index in [1.165, 1.54) is 0 Å². The Balaban J connectivity index is 1.74. The van der Waals surface area contributed by atoms with Crippen LogP contribution in [0.5, 0.6) is 17.2 Å². The molecule has 0 spiro atoms. The summed E-state index contributed by atoms with van der Waals surface area (Å²) >= 11 is 0. The van der Waals surface area contributed by atoms with Crippen molar-refractivity contribution in [3.63, 3.8) is 0 Å². The molecule has 1 heterocycles. The standard InChI is InChI=1S/C22H23N3O4/c1-14-7-5-6-8-17(14)22(26)25-15-9-10-20(23-13-15)24-16-11-18(27-2)21(29-4)19(12-16)28-3/h5-13H,1-4H3,(H,23,24)(H,25,26). The van der Waals surface area contributed by atoms with Gasteiger partial charge in [-0.1, -0.05) is 18.2 Å². The zero-order valence-electron chi connectivity index (χ0n) is 16.8. The Morgan fingerprint density at radius 2 is 1.59 bits per heavy atom. The fourth-order valence-corrected chi connectivity index (χ4v) is 2.87. The van der Waals surface area contributed by atoms with Crippen molar-refractivity contribution < 1.29 is 19.0 Å². The van der Waals surface area contributed by atoms with E-state index >= 15 is 0 Å². The van der Waals surface area contributed by atoms with Crippen LogP contribution in [0.2, 0.25) is 0 Å². The van der Waals surface area contributed by atoms with E-state index in [1.54, 1.807) is 57.9 Å². The van der Waals surface area contributed by atoms with Gasteiger partial charge in [0.05, 0.1) is 33.2 Å². The average molecular weight is 393 g/mol. The normalized spacial score (nSPS) is 10.2. The molecule has 1 amide bonds. The largest absolute Gasteiger partial charge is 0.493 e. The first kappa shape index (κ1) is 20.0. The maximum atomic E-state index is 12.4. The third kappa shape index (κ3) is 4.57. The van der Waals surface area contributed by atoms with Crippen molar-refractivity contribution in [1.29, 1.82) is 0 Å². The van der Waals surface area contributed by atoms with E-state index in [-0.39, 0.29) is 5.91 Å².